The van der Waals surface area contributed by atoms with E-state index in [1.165, 1.54) is 7.11 Å². The van der Waals surface area contributed by atoms with Crippen molar-refractivity contribution in [1.82, 2.24) is 4.90 Å². The zero-order valence-electron chi connectivity index (χ0n) is 12.2. The first-order valence-electron chi connectivity index (χ1n) is 6.45. The lowest BCUT2D eigenvalue weighted by Crippen LogP contribution is -2.27. The minimum absolute atomic E-state index is 0. The molecule has 114 valence electrons. The third-order valence-corrected chi connectivity index (χ3v) is 3.00. The van der Waals surface area contributed by atoms with Crippen molar-refractivity contribution in [3.63, 3.8) is 0 Å². The molecule has 0 aliphatic rings. The molecule has 1 rings (SSSR count). The SMILES string of the molecule is CCN(CC)CCOC(=O)c1ccc(OC)c(N)c1.Cl. The highest BCUT2D eigenvalue weighted by Crippen LogP contribution is 2.22. The lowest BCUT2D eigenvalue weighted by molar-refractivity contribution is 0.0466. The summed E-state index contributed by atoms with van der Waals surface area (Å²) < 4.78 is 10.3. The molecule has 0 amide bonds. The number of methoxy groups -OCH3 is 1. The summed E-state index contributed by atoms with van der Waals surface area (Å²) in [6.07, 6.45) is 0. The van der Waals surface area contributed by atoms with Crippen molar-refractivity contribution in [2.24, 2.45) is 0 Å². The Morgan fingerprint density at radius 3 is 2.45 bits per heavy atom. The molecular weight excluding hydrogens is 280 g/mol. The summed E-state index contributed by atoms with van der Waals surface area (Å²) in [4.78, 5) is 14.0. The molecule has 2 N–H and O–H groups in total. The maximum atomic E-state index is 11.8. The summed E-state index contributed by atoms with van der Waals surface area (Å²) >= 11 is 0. The molecule has 0 aromatic heterocycles. The maximum Gasteiger partial charge on any atom is 0.338 e. The number of hydrogen-bond donors (Lipinski definition) is 1. The number of nitrogens with two attached hydrogens (primary N) is 1. The Hall–Kier alpha value is -1.46. The smallest absolute Gasteiger partial charge is 0.338 e. The number of benzene rings is 1. The van der Waals surface area contributed by atoms with Crippen LogP contribution in [-0.4, -0.2) is 44.2 Å². The summed E-state index contributed by atoms with van der Waals surface area (Å²) in [5.74, 6) is 0.196. The van der Waals surface area contributed by atoms with Crippen LogP contribution < -0.4 is 10.5 Å². The Kier molecular flexibility index (Phi) is 8.76. The van der Waals surface area contributed by atoms with Gasteiger partial charge >= 0.3 is 5.97 Å². The van der Waals surface area contributed by atoms with E-state index in [1.807, 2.05) is 0 Å². The van der Waals surface area contributed by atoms with Gasteiger partial charge < -0.3 is 20.1 Å². The third kappa shape index (κ3) is 5.27. The zero-order valence-corrected chi connectivity index (χ0v) is 13.0. The van der Waals surface area contributed by atoms with Crippen molar-refractivity contribution in [2.45, 2.75) is 13.8 Å². The zero-order chi connectivity index (χ0) is 14.3. The quantitative estimate of drug-likeness (QED) is 0.618. The van der Waals surface area contributed by atoms with Gasteiger partial charge in [0.1, 0.15) is 12.4 Å². The van der Waals surface area contributed by atoms with Crippen molar-refractivity contribution in [1.29, 1.82) is 0 Å². The van der Waals surface area contributed by atoms with Gasteiger partial charge in [-0.05, 0) is 31.3 Å². The van der Waals surface area contributed by atoms with E-state index in [-0.39, 0.29) is 18.4 Å². The number of carbonyl (C=O) groups is 1. The molecule has 0 bridgehead atoms. The van der Waals surface area contributed by atoms with Gasteiger partial charge in [-0.15, -0.1) is 12.4 Å². The van der Waals surface area contributed by atoms with E-state index in [0.717, 1.165) is 19.6 Å². The first-order valence-corrected chi connectivity index (χ1v) is 6.45. The fourth-order valence-corrected chi connectivity index (χ4v) is 1.75. The van der Waals surface area contributed by atoms with Gasteiger partial charge in [-0.25, -0.2) is 4.79 Å². The second-order valence-corrected chi connectivity index (χ2v) is 4.12. The lowest BCUT2D eigenvalue weighted by Gasteiger charge is -2.17. The predicted molar refractivity (Wildman–Crippen MR) is 82.7 cm³/mol. The van der Waals surface area contributed by atoms with Crippen molar-refractivity contribution < 1.29 is 14.3 Å². The van der Waals surface area contributed by atoms with Gasteiger partial charge in [0, 0.05) is 6.54 Å². The standard InChI is InChI=1S/C14H22N2O3.ClH/c1-4-16(5-2)8-9-19-14(17)11-6-7-13(18-3)12(15)10-11;/h6-7,10H,4-5,8-9,15H2,1-3H3;1H. The van der Waals surface area contributed by atoms with Crippen molar-refractivity contribution in [3.8, 4) is 5.75 Å². The van der Waals surface area contributed by atoms with E-state index in [1.54, 1.807) is 18.2 Å². The molecule has 1 aromatic carbocycles. The number of rotatable bonds is 7. The van der Waals surface area contributed by atoms with Gasteiger partial charge in [-0.1, -0.05) is 13.8 Å². The van der Waals surface area contributed by atoms with Crippen LogP contribution in [0, 0.1) is 0 Å². The van der Waals surface area contributed by atoms with Gasteiger partial charge in [0.25, 0.3) is 0 Å². The number of nitrogens with zero attached hydrogens (tertiary/aromatic N) is 1. The van der Waals surface area contributed by atoms with Crippen LogP contribution in [0.25, 0.3) is 0 Å². The first kappa shape index (κ1) is 18.5. The van der Waals surface area contributed by atoms with E-state index in [4.69, 9.17) is 15.2 Å². The number of ether oxygens (including phenoxy) is 2. The minimum atomic E-state index is -0.360. The predicted octanol–water partition coefficient (Wildman–Crippen LogP) is 2.20. The van der Waals surface area contributed by atoms with Crippen LogP contribution in [0.4, 0.5) is 5.69 Å². The molecule has 0 aliphatic carbocycles. The normalized spacial score (nSPS) is 10.0. The molecular formula is C14H23ClN2O3. The second-order valence-electron chi connectivity index (χ2n) is 4.12. The van der Waals surface area contributed by atoms with Gasteiger partial charge in [-0.2, -0.15) is 0 Å². The average molecular weight is 303 g/mol. The van der Waals surface area contributed by atoms with Gasteiger partial charge in [-0.3, -0.25) is 0 Å². The summed E-state index contributed by atoms with van der Waals surface area (Å²) in [6, 6.07) is 4.88. The lowest BCUT2D eigenvalue weighted by atomic mass is 10.2. The molecule has 0 atom stereocenters. The molecule has 0 aliphatic heterocycles. The van der Waals surface area contributed by atoms with Crippen LogP contribution in [0.1, 0.15) is 24.2 Å². The number of carbonyl (C=O) groups excluding carboxylic acids is 1. The van der Waals surface area contributed by atoms with Crippen molar-refractivity contribution in [3.05, 3.63) is 23.8 Å². The number of likely N-dealkylation sites (N-methyl/N-ethyl adjacent to an activating group) is 1. The van der Waals surface area contributed by atoms with Gasteiger partial charge in [0.15, 0.2) is 0 Å². The molecule has 1 aromatic rings. The van der Waals surface area contributed by atoms with Crippen molar-refractivity contribution in [2.75, 3.05) is 39.1 Å². The molecule has 0 spiro atoms. The maximum absolute atomic E-state index is 11.8. The largest absolute Gasteiger partial charge is 0.495 e. The minimum Gasteiger partial charge on any atom is -0.495 e. The number of nitrogen functional groups attached to an aromatic ring is 1. The monoisotopic (exact) mass is 302 g/mol. The van der Waals surface area contributed by atoms with E-state index in [2.05, 4.69) is 18.7 Å². The summed E-state index contributed by atoms with van der Waals surface area (Å²) in [6.45, 7) is 7.18. The summed E-state index contributed by atoms with van der Waals surface area (Å²) in [5, 5.41) is 0. The first-order chi connectivity index (χ1) is 9.12. The van der Waals surface area contributed by atoms with E-state index in [9.17, 15) is 4.79 Å². The van der Waals surface area contributed by atoms with E-state index >= 15 is 0 Å². The summed E-state index contributed by atoms with van der Waals surface area (Å²) in [5.41, 5.74) is 6.62. The second kappa shape index (κ2) is 9.44. The van der Waals surface area contributed by atoms with Crippen LogP contribution in [-0.2, 0) is 4.74 Å². The number of hydrogen-bond acceptors (Lipinski definition) is 5. The van der Waals surface area contributed by atoms with Crippen LogP contribution in [0.3, 0.4) is 0 Å². The Bertz CT molecular complexity index is 423. The third-order valence-electron chi connectivity index (χ3n) is 3.00. The topological polar surface area (TPSA) is 64.8 Å². The molecule has 0 saturated heterocycles. The van der Waals surface area contributed by atoms with Gasteiger partial charge in [0.2, 0.25) is 0 Å². The Labute approximate surface area is 126 Å². The highest BCUT2D eigenvalue weighted by Gasteiger charge is 2.10. The van der Waals surface area contributed by atoms with Crippen LogP contribution >= 0.6 is 12.4 Å². The molecule has 0 unspecified atom stereocenters. The van der Waals surface area contributed by atoms with Crippen LogP contribution in [0.5, 0.6) is 5.75 Å². The fourth-order valence-electron chi connectivity index (χ4n) is 1.75. The average Bonchev–Trinajstić information content (AvgIpc) is 2.43. The number of esters is 1. The fraction of sp³-hybridized carbons (Fsp3) is 0.500. The molecule has 0 heterocycles. The molecule has 0 fully saturated rings. The van der Waals surface area contributed by atoms with Crippen molar-refractivity contribution >= 4 is 24.1 Å². The Morgan fingerprint density at radius 2 is 1.95 bits per heavy atom. The van der Waals surface area contributed by atoms with Gasteiger partial charge in [0.05, 0.1) is 18.4 Å². The van der Waals surface area contributed by atoms with Crippen LogP contribution in [0.2, 0.25) is 0 Å². The molecule has 20 heavy (non-hydrogen) atoms. The van der Waals surface area contributed by atoms with Crippen LogP contribution in [0.15, 0.2) is 18.2 Å². The molecule has 0 radical (unpaired) electrons. The molecule has 5 nitrogen and oxygen atoms in total. The molecule has 0 saturated carbocycles. The highest BCUT2D eigenvalue weighted by atomic mass is 35.5. The molecule has 6 heteroatoms. The van der Waals surface area contributed by atoms with E-state index in [0.29, 0.717) is 23.6 Å². The Balaban J connectivity index is 0.00000361. The number of anilines is 1. The Morgan fingerprint density at radius 1 is 1.30 bits per heavy atom. The number of halogens is 1. The highest BCUT2D eigenvalue weighted by molar-refractivity contribution is 5.91. The van der Waals surface area contributed by atoms with E-state index < -0.39 is 0 Å². The summed E-state index contributed by atoms with van der Waals surface area (Å²) in [7, 11) is 1.54.